The number of esters is 1. The molecule has 2 aromatic carbocycles. The maximum absolute atomic E-state index is 13.1. The summed E-state index contributed by atoms with van der Waals surface area (Å²) >= 11 is 0. The van der Waals surface area contributed by atoms with Gasteiger partial charge in [0.05, 0.1) is 23.9 Å². The molecule has 1 aromatic heterocycles. The number of nitrogens with zero attached hydrogens (tertiary/aromatic N) is 2. The minimum atomic E-state index is -0.814. The molecular formula is C26H24N2O3. The first kappa shape index (κ1) is 20.6. The summed E-state index contributed by atoms with van der Waals surface area (Å²) in [4.78, 5) is 18.0. The maximum Gasteiger partial charge on any atom is 0.340 e. The van der Waals surface area contributed by atoms with Crippen molar-refractivity contribution in [2.45, 2.75) is 32.8 Å². The Morgan fingerprint density at radius 3 is 2.65 bits per heavy atom. The van der Waals surface area contributed by atoms with Crippen molar-refractivity contribution in [1.29, 1.82) is 5.26 Å². The standard InChI is InChI=1S/C26H24N2O3/c1-16-12-19(14-18-8-10-20(30-3)11-9-18)25-22(13-16)24(26(29)31-17(2)15-27)21-6-4-5-7-23(21)28-25/h4-11,14,16-17H,12-13H2,1-3H3/b19-14+/t16-,17-/m1/s1. The molecule has 31 heavy (non-hydrogen) atoms. The smallest absolute Gasteiger partial charge is 0.340 e. The number of nitriles is 1. The molecule has 1 aliphatic carbocycles. The molecule has 0 unspecified atom stereocenters. The van der Waals surface area contributed by atoms with Crippen LogP contribution in [0.4, 0.5) is 0 Å². The van der Waals surface area contributed by atoms with Gasteiger partial charge < -0.3 is 9.47 Å². The van der Waals surface area contributed by atoms with Gasteiger partial charge in [-0.25, -0.2) is 9.78 Å². The highest BCUT2D eigenvalue weighted by atomic mass is 16.5. The summed E-state index contributed by atoms with van der Waals surface area (Å²) in [6.07, 6.45) is 2.92. The second-order valence-corrected chi connectivity index (χ2v) is 7.96. The van der Waals surface area contributed by atoms with Crippen LogP contribution in [0.25, 0.3) is 22.6 Å². The fourth-order valence-corrected chi connectivity index (χ4v) is 4.12. The molecular weight excluding hydrogens is 388 g/mol. The van der Waals surface area contributed by atoms with E-state index < -0.39 is 12.1 Å². The summed E-state index contributed by atoms with van der Waals surface area (Å²) in [6.45, 7) is 3.75. The SMILES string of the molecule is COc1ccc(/C=C2\C[C@@H](C)Cc3c2nc2ccccc2c3C(=O)O[C@H](C)C#N)cc1. The number of allylic oxidation sites excluding steroid dienone is 1. The Bertz CT molecular complexity index is 1210. The van der Waals surface area contributed by atoms with E-state index in [0.717, 1.165) is 51.9 Å². The summed E-state index contributed by atoms with van der Waals surface area (Å²) < 4.78 is 10.7. The molecule has 5 heteroatoms. The second-order valence-electron chi connectivity index (χ2n) is 7.96. The van der Waals surface area contributed by atoms with Gasteiger partial charge >= 0.3 is 5.97 Å². The Kier molecular flexibility index (Phi) is 5.73. The summed E-state index contributed by atoms with van der Waals surface area (Å²) in [7, 11) is 1.65. The Labute approximate surface area is 181 Å². The van der Waals surface area contributed by atoms with Gasteiger partial charge in [0.2, 0.25) is 0 Å². The van der Waals surface area contributed by atoms with Crippen LogP contribution in [-0.4, -0.2) is 24.2 Å². The predicted octanol–water partition coefficient (Wildman–Crippen LogP) is 5.44. The minimum Gasteiger partial charge on any atom is -0.497 e. The number of benzene rings is 2. The van der Waals surface area contributed by atoms with Crippen LogP contribution in [0, 0.1) is 17.2 Å². The average Bonchev–Trinajstić information content (AvgIpc) is 2.78. The first-order chi connectivity index (χ1) is 15.0. The van der Waals surface area contributed by atoms with Crippen molar-refractivity contribution in [2.24, 2.45) is 5.92 Å². The Hall–Kier alpha value is -3.65. The van der Waals surface area contributed by atoms with Crippen LogP contribution in [0.1, 0.15) is 47.4 Å². The molecule has 0 N–H and O–H groups in total. The van der Waals surface area contributed by atoms with E-state index >= 15 is 0 Å². The number of hydrogen-bond acceptors (Lipinski definition) is 5. The molecule has 3 aromatic rings. The molecule has 156 valence electrons. The fraction of sp³-hybridized carbons (Fsp3) is 0.269. The number of ether oxygens (including phenoxy) is 2. The van der Waals surface area contributed by atoms with E-state index in [1.54, 1.807) is 14.0 Å². The van der Waals surface area contributed by atoms with Gasteiger partial charge in [0.25, 0.3) is 0 Å². The van der Waals surface area contributed by atoms with E-state index in [-0.39, 0.29) is 0 Å². The summed E-state index contributed by atoms with van der Waals surface area (Å²) in [6, 6.07) is 17.4. The van der Waals surface area contributed by atoms with Crippen molar-refractivity contribution < 1.29 is 14.3 Å². The van der Waals surface area contributed by atoms with Gasteiger partial charge in [-0.15, -0.1) is 0 Å². The van der Waals surface area contributed by atoms with Crippen LogP contribution < -0.4 is 4.74 Å². The first-order valence-corrected chi connectivity index (χ1v) is 10.4. The molecule has 1 heterocycles. The molecule has 0 aliphatic heterocycles. The zero-order valence-corrected chi connectivity index (χ0v) is 17.9. The van der Waals surface area contributed by atoms with Gasteiger partial charge in [-0.1, -0.05) is 37.3 Å². The summed E-state index contributed by atoms with van der Waals surface area (Å²) in [5.74, 6) is 0.682. The van der Waals surface area contributed by atoms with Crippen molar-refractivity contribution in [3.63, 3.8) is 0 Å². The van der Waals surface area contributed by atoms with Crippen LogP contribution >= 0.6 is 0 Å². The van der Waals surface area contributed by atoms with Crippen LogP contribution in [-0.2, 0) is 11.2 Å². The van der Waals surface area contributed by atoms with E-state index in [2.05, 4.69) is 13.0 Å². The summed E-state index contributed by atoms with van der Waals surface area (Å²) in [5.41, 5.74) is 5.14. The predicted molar refractivity (Wildman–Crippen MR) is 121 cm³/mol. The monoisotopic (exact) mass is 412 g/mol. The molecule has 0 fully saturated rings. The van der Waals surface area contributed by atoms with E-state index in [1.165, 1.54) is 0 Å². The Morgan fingerprint density at radius 1 is 1.19 bits per heavy atom. The van der Waals surface area contributed by atoms with Crippen molar-refractivity contribution in [3.05, 3.63) is 70.9 Å². The Balaban J connectivity index is 1.90. The quantitative estimate of drug-likeness (QED) is 0.534. The molecule has 0 amide bonds. The third kappa shape index (κ3) is 4.15. The zero-order valence-electron chi connectivity index (χ0n) is 17.9. The van der Waals surface area contributed by atoms with Crippen molar-refractivity contribution in [1.82, 2.24) is 4.98 Å². The normalized spacial score (nSPS) is 17.6. The van der Waals surface area contributed by atoms with Crippen LogP contribution in [0.15, 0.2) is 48.5 Å². The fourth-order valence-electron chi connectivity index (χ4n) is 4.12. The lowest BCUT2D eigenvalue weighted by Crippen LogP contribution is -2.21. The largest absolute Gasteiger partial charge is 0.497 e. The van der Waals surface area contributed by atoms with Gasteiger partial charge in [0.1, 0.15) is 11.8 Å². The molecule has 0 saturated heterocycles. The molecule has 1 aliphatic rings. The number of carbonyl (C=O) groups is 1. The number of carbonyl (C=O) groups excluding carboxylic acids is 1. The third-order valence-electron chi connectivity index (χ3n) is 5.54. The topological polar surface area (TPSA) is 72.2 Å². The molecule has 0 bridgehead atoms. The van der Waals surface area contributed by atoms with E-state index in [9.17, 15) is 4.79 Å². The van der Waals surface area contributed by atoms with Crippen LogP contribution in [0.3, 0.4) is 0 Å². The summed E-state index contributed by atoms with van der Waals surface area (Å²) in [5, 5.41) is 9.87. The highest BCUT2D eigenvalue weighted by molar-refractivity contribution is 6.06. The number of pyridine rings is 1. The highest BCUT2D eigenvalue weighted by Crippen LogP contribution is 2.39. The van der Waals surface area contributed by atoms with Crippen molar-refractivity contribution in [2.75, 3.05) is 7.11 Å². The molecule has 0 saturated carbocycles. The molecule has 0 spiro atoms. The van der Waals surface area contributed by atoms with Crippen LogP contribution in [0.5, 0.6) is 5.75 Å². The lowest BCUT2D eigenvalue weighted by molar-refractivity contribution is 0.0436. The third-order valence-corrected chi connectivity index (χ3v) is 5.54. The van der Waals surface area contributed by atoms with Gasteiger partial charge in [0.15, 0.2) is 6.10 Å². The number of para-hydroxylation sites is 1. The van der Waals surface area contributed by atoms with Gasteiger partial charge in [-0.05, 0) is 66.7 Å². The first-order valence-electron chi connectivity index (χ1n) is 10.4. The number of fused-ring (bicyclic) bond motifs is 2. The number of aromatic nitrogens is 1. The number of hydrogen-bond donors (Lipinski definition) is 0. The molecule has 4 rings (SSSR count). The van der Waals surface area contributed by atoms with Crippen LogP contribution in [0.2, 0.25) is 0 Å². The lowest BCUT2D eigenvalue weighted by Gasteiger charge is -2.26. The number of methoxy groups -OCH3 is 1. The average molecular weight is 412 g/mol. The van der Waals surface area contributed by atoms with E-state index in [1.807, 2.05) is 54.6 Å². The number of rotatable bonds is 4. The van der Waals surface area contributed by atoms with Crippen molar-refractivity contribution in [3.8, 4) is 11.8 Å². The van der Waals surface area contributed by atoms with Gasteiger partial charge in [0, 0.05) is 5.39 Å². The second kappa shape index (κ2) is 8.61. The highest BCUT2D eigenvalue weighted by Gasteiger charge is 2.29. The zero-order chi connectivity index (χ0) is 22.0. The lowest BCUT2D eigenvalue weighted by atomic mass is 9.80. The molecule has 5 nitrogen and oxygen atoms in total. The molecule has 0 radical (unpaired) electrons. The van der Waals surface area contributed by atoms with Crippen molar-refractivity contribution >= 4 is 28.5 Å². The van der Waals surface area contributed by atoms with Gasteiger partial charge in [-0.2, -0.15) is 5.26 Å². The maximum atomic E-state index is 13.1. The Morgan fingerprint density at radius 2 is 1.94 bits per heavy atom. The minimum absolute atomic E-state index is 0.347. The van der Waals surface area contributed by atoms with E-state index in [4.69, 9.17) is 19.7 Å². The van der Waals surface area contributed by atoms with Gasteiger partial charge in [-0.3, -0.25) is 0 Å². The van der Waals surface area contributed by atoms with E-state index in [0.29, 0.717) is 11.5 Å². The molecule has 2 atom stereocenters.